The molecule has 3 aromatic rings. The largest absolute Gasteiger partial charge is 0.465 e. The number of nitrogens with one attached hydrogen (secondary N) is 1. The zero-order valence-corrected chi connectivity index (χ0v) is 18.3. The van der Waals surface area contributed by atoms with Crippen LogP contribution < -0.4 is 5.32 Å². The van der Waals surface area contributed by atoms with Gasteiger partial charge in [-0.05, 0) is 18.9 Å². The topological polar surface area (TPSA) is 86.1 Å². The van der Waals surface area contributed by atoms with Crippen LogP contribution in [-0.4, -0.2) is 39.5 Å². The number of aromatic nitrogens is 3. The smallest absolute Gasteiger partial charge is 0.341 e. The number of thioether (sulfide) groups is 1. The fourth-order valence-corrected chi connectivity index (χ4v) is 4.84. The summed E-state index contributed by atoms with van der Waals surface area (Å²) >= 11 is 2.68. The predicted octanol–water partition coefficient (Wildman–Crippen LogP) is 3.93. The Morgan fingerprint density at radius 2 is 1.97 bits per heavy atom. The Hall–Kier alpha value is -2.65. The van der Waals surface area contributed by atoms with Crippen molar-refractivity contribution in [1.29, 1.82) is 0 Å². The number of carbonyl (C=O) groups excluding carboxylic acids is 2. The maximum Gasteiger partial charge on any atom is 0.341 e. The lowest BCUT2D eigenvalue weighted by molar-refractivity contribution is -0.113. The monoisotopic (exact) mass is 430 g/mol. The van der Waals surface area contributed by atoms with Gasteiger partial charge in [-0.2, -0.15) is 0 Å². The van der Waals surface area contributed by atoms with Gasteiger partial charge >= 0.3 is 5.97 Å². The van der Waals surface area contributed by atoms with Crippen LogP contribution in [0.1, 0.15) is 27.7 Å². The standard InChI is InChI=1S/C20H22N4O3S2/c1-5-14-12(2)29-18(16(14)19(26)27-4)21-15(25)11-28-20-23-22-17(24(20)3)13-9-7-6-8-10-13/h6-10H,5,11H2,1-4H3,(H,21,25). The summed E-state index contributed by atoms with van der Waals surface area (Å²) in [5.41, 5.74) is 2.31. The van der Waals surface area contributed by atoms with Crippen LogP contribution in [0.4, 0.5) is 5.00 Å². The molecule has 0 saturated heterocycles. The van der Waals surface area contributed by atoms with Crippen LogP contribution in [-0.2, 0) is 23.0 Å². The number of aryl methyl sites for hydroxylation is 1. The Labute approximate surface area is 177 Å². The van der Waals surface area contributed by atoms with Gasteiger partial charge in [0.2, 0.25) is 5.91 Å². The van der Waals surface area contributed by atoms with Gasteiger partial charge in [-0.1, -0.05) is 49.0 Å². The Morgan fingerprint density at radius 3 is 2.62 bits per heavy atom. The summed E-state index contributed by atoms with van der Waals surface area (Å²) in [5.74, 6) is 0.242. The fourth-order valence-electron chi connectivity index (χ4n) is 2.98. The molecule has 7 nitrogen and oxygen atoms in total. The molecule has 0 spiro atoms. The van der Waals surface area contributed by atoms with Crippen LogP contribution in [0.3, 0.4) is 0 Å². The molecule has 1 amide bonds. The third-order valence-electron chi connectivity index (χ3n) is 4.40. The van der Waals surface area contributed by atoms with Gasteiger partial charge in [0, 0.05) is 17.5 Å². The average Bonchev–Trinajstić information content (AvgIpc) is 3.25. The molecule has 0 unspecified atom stereocenters. The summed E-state index contributed by atoms with van der Waals surface area (Å²) in [6.07, 6.45) is 0.693. The first-order chi connectivity index (χ1) is 14.0. The van der Waals surface area contributed by atoms with Crippen molar-refractivity contribution in [2.24, 2.45) is 7.05 Å². The van der Waals surface area contributed by atoms with E-state index >= 15 is 0 Å². The van der Waals surface area contributed by atoms with Crippen LogP contribution in [0.2, 0.25) is 0 Å². The van der Waals surface area contributed by atoms with Gasteiger partial charge in [0.1, 0.15) is 5.00 Å². The molecule has 3 rings (SSSR count). The quantitative estimate of drug-likeness (QED) is 0.451. The van der Waals surface area contributed by atoms with Gasteiger partial charge in [0.05, 0.1) is 18.4 Å². The molecule has 0 fully saturated rings. The number of amides is 1. The van der Waals surface area contributed by atoms with E-state index in [1.165, 1.54) is 30.2 Å². The van der Waals surface area contributed by atoms with Crippen molar-refractivity contribution < 1.29 is 14.3 Å². The molecular weight excluding hydrogens is 408 g/mol. The van der Waals surface area contributed by atoms with E-state index in [9.17, 15) is 9.59 Å². The molecule has 0 saturated carbocycles. The summed E-state index contributed by atoms with van der Waals surface area (Å²) in [7, 11) is 3.21. The normalized spacial score (nSPS) is 10.8. The van der Waals surface area contributed by atoms with Crippen molar-refractivity contribution in [2.45, 2.75) is 25.4 Å². The highest BCUT2D eigenvalue weighted by Gasteiger charge is 2.23. The lowest BCUT2D eigenvalue weighted by Crippen LogP contribution is -2.16. The Bertz CT molecular complexity index is 1030. The van der Waals surface area contributed by atoms with Crippen molar-refractivity contribution in [3.8, 4) is 11.4 Å². The Balaban J connectivity index is 1.70. The van der Waals surface area contributed by atoms with E-state index in [1.54, 1.807) is 0 Å². The van der Waals surface area contributed by atoms with Crippen molar-refractivity contribution in [3.05, 3.63) is 46.3 Å². The SMILES string of the molecule is CCc1c(C)sc(NC(=O)CSc2nnc(-c3ccccc3)n2C)c1C(=O)OC. The minimum absolute atomic E-state index is 0.153. The van der Waals surface area contributed by atoms with Gasteiger partial charge in [0.25, 0.3) is 0 Å². The highest BCUT2D eigenvalue weighted by atomic mass is 32.2. The summed E-state index contributed by atoms with van der Waals surface area (Å²) in [5, 5.41) is 12.4. The van der Waals surface area contributed by atoms with Crippen LogP contribution in [0.5, 0.6) is 0 Å². The maximum atomic E-state index is 12.5. The number of thiophene rings is 1. The Kier molecular flexibility index (Phi) is 6.71. The summed E-state index contributed by atoms with van der Waals surface area (Å²) in [4.78, 5) is 25.7. The van der Waals surface area contributed by atoms with Crippen LogP contribution in [0.15, 0.2) is 35.5 Å². The maximum absolute atomic E-state index is 12.5. The summed E-state index contributed by atoms with van der Waals surface area (Å²) in [6, 6.07) is 9.75. The third-order valence-corrected chi connectivity index (χ3v) is 6.49. The molecule has 9 heteroatoms. The van der Waals surface area contributed by atoms with Crippen molar-refractivity contribution in [3.63, 3.8) is 0 Å². The van der Waals surface area contributed by atoms with E-state index in [1.807, 2.05) is 55.8 Å². The second-order valence-electron chi connectivity index (χ2n) is 6.25. The van der Waals surface area contributed by atoms with Gasteiger partial charge in [-0.15, -0.1) is 21.5 Å². The lowest BCUT2D eigenvalue weighted by atomic mass is 10.1. The second-order valence-corrected chi connectivity index (χ2v) is 8.42. The van der Waals surface area contributed by atoms with Crippen molar-refractivity contribution >= 4 is 40.0 Å². The average molecular weight is 431 g/mol. The first kappa shape index (κ1) is 21.1. The zero-order valence-electron chi connectivity index (χ0n) is 16.7. The number of benzene rings is 1. The van der Waals surface area contributed by atoms with Crippen LogP contribution in [0.25, 0.3) is 11.4 Å². The Morgan fingerprint density at radius 1 is 1.24 bits per heavy atom. The predicted molar refractivity (Wildman–Crippen MR) is 116 cm³/mol. The van der Waals surface area contributed by atoms with E-state index in [0.717, 1.165) is 21.8 Å². The van der Waals surface area contributed by atoms with Crippen LogP contribution >= 0.6 is 23.1 Å². The number of methoxy groups -OCH3 is 1. The number of anilines is 1. The molecule has 29 heavy (non-hydrogen) atoms. The highest BCUT2D eigenvalue weighted by molar-refractivity contribution is 7.99. The molecule has 0 radical (unpaired) electrons. The molecule has 1 N–H and O–H groups in total. The zero-order chi connectivity index (χ0) is 21.0. The van der Waals surface area contributed by atoms with E-state index in [2.05, 4.69) is 15.5 Å². The molecule has 0 aliphatic carbocycles. The number of hydrogen-bond donors (Lipinski definition) is 1. The first-order valence-electron chi connectivity index (χ1n) is 9.04. The fraction of sp³-hybridized carbons (Fsp3) is 0.300. The van der Waals surface area contributed by atoms with Gasteiger partial charge < -0.3 is 14.6 Å². The number of nitrogens with zero attached hydrogens (tertiary/aromatic N) is 3. The lowest BCUT2D eigenvalue weighted by Gasteiger charge is -2.07. The van der Waals surface area contributed by atoms with Crippen LogP contribution in [0, 0.1) is 6.92 Å². The molecule has 0 aliphatic rings. The molecule has 0 atom stereocenters. The number of hydrogen-bond acceptors (Lipinski definition) is 7. The number of ether oxygens (including phenoxy) is 1. The number of carbonyl (C=O) groups is 2. The van der Waals surface area contributed by atoms with Crippen molar-refractivity contribution in [2.75, 3.05) is 18.2 Å². The number of rotatable bonds is 7. The first-order valence-corrected chi connectivity index (χ1v) is 10.8. The highest BCUT2D eigenvalue weighted by Crippen LogP contribution is 2.34. The number of esters is 1. The molecular formula is C20H22N4O3S2. The molecule has 0 bridgehead atoms. The second kappa shape index (κ2) is 9.23. The molecule has 0 aliphatic heterocycles. The van der Waals surface area contributed by atoms with Gasteiger partial charge in [-0.25, -0.2) is 4.79 Å². The van der Waals surface area contributed by atoms with Gasteiger partial charge in [-0.3, -0.25) is 4.79 Å². The van der Waals surface area contributed by atoms with E-state index in [0.29, 0.717) is 22.1 Å². The molecule has 152 valence electrons. The summed E-state index contributed by atoms with van der Waals surface area (Å²) < 4.78 is 6.75. The van der Waals surface area contributed by atoms with E-state index in [-0.39, 0.29) is 11.7 Å². The van der Waals surface area contributed by atoms with E-state index in [4.69, 9.17) is 4.74 Å². The van der Waals surface area contributed by atoms with E-state index < -0.39 is 5.97 Å². The molecule has 2 heterocycles. The third kappa shape index (κ3) is 4.51. The minimum atomic E-state index is -0.435. The molecule has 1 aromatic carbocycles. The van der Waals surface area contributed by atoms with Gasteiger partial charge in [0.15, 0.2) is 11.0 Å². The molecule has 2 aromatic heterocycles. The minimum Gasteiger partial charge on any atom is -0.465 e. The van der Waals surface area contributed by atoms with Crippen molar-refractivity contribution in [1.82, 2.24) is 14.8 Å². The summed E-state index contributed by atoms with van der Waals surface area (Å²) in [6.45, 7) is 3.91.